The molecule has 7 heteroatoms. The molecule has 1 saturated carbocycles. The van der Waals surface area contributed by atoms with Gasteiger partial charge in [-0.3, -0.25) is 9.59 Å². The molecule has 2 amide bonds. The number of carbonyl (C=O) groups is 2. The van der Waals surface area contributed by atoms with Crippen molar-refractivity contribution in [2.75, 3.05) is 19.0 Å². The number of benzene rings is 2. The highest BCUT2D eigenvalue weighted by Crippen LogP contribution is 2.52. The van der Waals surface area contributed by atoms with Gasteiger partial charge >= 0.3 is 0 Å². The van der Waals surface area contributed by atoms with Crippen LogP contribution in [0.1, 0.15) is 17.5 Å². The number of rotatable bonds is 6. The van der Waals surface area contributed by atoms with Crippen molar-refractivity contribution in [3.05, 3.63) is 70.8 Å². The van der Waals surface area contributed by atoms with Crippen molar-refractivity contribution in [1.82, 2.24) is 5.01 Å². The fraction of sp³-hybridized carbons (Fsp3) is 0.320. The second-order valence-corrected chi connectivity index (χ2v) is 9.20. The van der Waals surface area contributed by atoms with Gasteiger partial charge in [0.25, 0.3) is 11.8 Å². The van der Waals surface area contributed by atoms with E-state index in [0.717, 1.165) is 22.7 Å². The zero-order valence-electron chi connectivity index (χ0n) is 17.9. The van der Waals surface area contributed by atoms with Gasteiger partial charge in [-0.2, -0.15) is 10.1 Å². The number of ether oxygens (including phenoxy) is 1. The molecule has 0 spiro atoms. The lowest BCUT2D eigenvalue weighted by molar-refractivity contribution is -0.140. The first-order valence-corrected chi connectivity index (χ1v) is 11.1. The number of fused-ring (bicyclic) bond motifs is 5. The van der Waals surface area contributed by atoms with Gasteiger partial charge < -0.3 is 9.64 Å². The van der Waals surface area contributed by atoms with Crippen LogP contribution >= 0.6 is 11.6 Å². The smallest absolute Gasteiger partial charge is 0.254 e. The molecule has 2 bridgehead atoms. The van der Waals surface area contributed by atoms with E-state index in [-0.39, 0.29) is 35.5 Å². The Morgan fingerprint density at radius 3 is 2.34 bits per heavy atom. The molecule has 32 heavy (non-hydrogen) atoms. The van der Waals surface area contributed by atoms with Gasteiger partial charge in [0.1, 0.15) is 12.4 Å². The van der Waals surface area contributed by atoms with E-state index in [0.29, 0.717) is 22.9 Å². The highest BCUT2D eigenvalue weighted by molar-refractivity contribution is 6.30. The predicted molar refractivity (Wildman–Crippen MR) is 124 cm³/mol. The van der Waals surface area contributed by atoms with Crippen molar-refractivity contribution in [2.24, 2.45) is 28.8 Å². The Labute approximate surface area is 192 Å². The van der Waals surface area contributed by atoms with Crippen molar-refractivity contribution in [1.29, 1.82) is 0 Å². The van der Waals surface area contributed by atoms with E-state index in [2.05, 4.69) is 17.3 Å². The fourth-order valence-electron chi connectivity index (χ4n) is 4.89. The Hall–Kier alpha value is -3.12. The first kappa shape index (κ1) is 20.8. The van der Waals surface area contributed by atoms with Crippen LogP contribution in [0.2, 0.25) is 5.02 Å². The van der Waals surface area contributed by atoms with E-state index in [1.807, 2.05) is 61.5 Å². The summed E-state index contributed by atoms with van der Waals surface area (Å²) in [6.45, 7) is 0.357. The van der Waals surface area contributed by atoms with E-state index >= 15 is 0 Å². The Balaban J connectivity index is 1.38. The van der Waals surface area contributed by atoms with Gasteiger partial charge in [-0.05, 0) is 48.1 Å². The molecule has 4 unspecified atom stereocenters. The maximum Gasteiger partial charge on any atom is 0.254 e. The van der Waals surface area contributed by atoms with Crippen molar-refractivity contribution in [3.63, 3.8) is 0 Å². The number of anilines is 1. The highest BCUT2D eigenvalue weighted by atomic mass is 35.5. The van der Waals surface area contributed by atoms with E-state index < -0.39 is 0 Å². The largest absolute Gasteiger partial charge is 0.488 e. The molecule has 2 aromatic rings. The first-order chi connectivity index (χ1) is 15.4. The van der Waals surface area contributed by atoms with Crippen LogP contribution in [-0.2, 0) is 16.2 Å². The third kappa shape index (κ3) is 3.58. The van der Waals surface area contributed by atoms with Gasteiger partial charge in [-0.25, -0.2) is 0 Å². The van der Waals surface area contributed by atoms with Gasteiger partial charge in [0.15, 0.2) is 0 Å². The Morgan fingerprint density at radius 1 is 1.06 bits per heavy atom. The Kier molecular flexibility index (Phi) is 5.25. The number of hydrogen-bond acceptors (Lipinski definition) is 5. The first-order valence-electron chi connectivity index (χ1n) is 10.7. The van der Waals surface area contributed by atoms with E-state index in [1.54, 1.807) is 6.21 Å². The SMILES string of the molecule is CN(C)c1ccc(C=NN2C(=O)C3C4C=CC(C4)C3C2=O)c(OCc2ccc(Cl)cc2)c1. The molecule has 4 atom stereocenters. The van der Waals surface area contributed by atoms with E-state index in [9.17, 15) is 9.59 Å². The molecule has 1 heterocycles. The molecule has 0 radical (unpaired) electrons. The second kappa shape index (κ2) is 8.10. The average molecular weight is 450 g/mol. The topological polar surface area (TPSA) is 62.2 Å². The summed E-state index contributed by atoms with van der Waals surface area (Å²) in [5.41, 5.74) is 2.65. The average Bonchev–Trinajstić information content (AvgIpc) is 3.46. The zero-order chi connectivity index (χ0) is 22.4. The summed E-state index contributed by atoms with van der Waals surface area (Å²) in [7, 11) is 3.91. The Morgan fingerprint density at radius 2 is 1.72 bits per heavy atom. The standard InChI is InChI=1S/C25H24ClN3O3/c1-28(2)20-10-7-18(21(12-20)32-14-15-3-8-19(26)9-4-15)13-27-29-24(30)22-16-5-6-17(11-16)23(22)25(29)31/h3-10,12-13,16-17,22-23H,11,14H2,1-2H3. The molecular formula is C25H24ClN3O3. The third-order valence-corrected chi connectivity index (χ3v) is 6.83. The summed E-state index contributed by atoms with van der Waals surface area (Å²) in [4.78, 5) is 27.7. The van der Waals surface area contributed by atoms with E-state index in [4.69, 9.17) is 16.3 Å². The van der Waals surface area contributed by atoms with Crippen LogP contribution in [0.4, 0.5) is 5.69 Å². The molecule has 2 fully saturated rings. The van der Waals surface area contributed by atoms with Crippen molar-refractivity contribution in [3.8, 4) is 5.75 Å². The van der Waals surface area contributed by atoms with Gasteiger partial charge in [0, 0.05) is 36.4 Å². The number of hydrogen-bond donors (Lipinski definition) is 0. The lowest BCUT2D eigenvalue weighted by Crippen LogP contribution is -2.28. The van der Waals surface area contributed by atoms with Crippen LogP contribution in [0.5, 0.6) is 5.75 Å². The molecule has 0 N–H and O–H groups in total. The van der Waals surface area contributed by atoms with Gasteiger partial charge in [0.05, 0.1) is 18.1 Å². The summed E-state index contributed by atoms with van der Waals surface area (Å²) in [5.74, 6) is 0.0515. The molecule has 1 saturated heterocycles. The van der Waals surface area contributed by atoms with Crippen LogP contribution in [0.15, 0.2) is 59.7 Å². The van der Waals surface area contributed by atoms with Crippen LogP contribution in [-0.4, -0.2) is 37.1 Å². The number of allylic oxidation sites excluding steroid dienone is 2. The number of hydrazone groups is 1. The normalized spacial score (nSPS) is 25.8. The van der Waals surface area contributed by atoms with Crippen LogP contribution in [0, 0.1) is 23.7 Å². The van der Waals surface area contributed by atoms with Gasteiger partial charge in [-0.1, -0.05) is 35.9 Å². The summed E-state index contributed by atoms with van der Waals surface area (Å²) < 4.78 is 6.08. The molecular weight excluding hydrogens is 426 g/mol. The number of carbonyl (C=O) groups excluding carboxylic acids is 2. The summed E-state index contributed by atoms with van der Waals surface area (Å²) in [6.07, 6.45) is 6.60. The molecule has 5 rings (SSSR count). The third-order valence-electron chi connectivity index (χ3n) is 6.58. The highest BCUT2D eigenvalue weighted by Gasteiger charge is 2.59. The van der Waals surface area contributed by atoms with Crippen LogP contribution in [0.25, 0.3) is 0 Å². The number of nitrogens with zero attached hydrogens (tertiary/aromatic N) is 3. The molecule has 2 aromatic carbocycles. The summed E-state index contributed by atoms with van der Waals surface area (Å²) in [6, 6.07) is 13.2. The monoisotopic (exact) mass is 449 g/mol. The maximum absolute atomic E-state index is 12.9. The molecule has 6 nitrogen and oxygen atoms in total. The Bertz CT molecular complexity index is 1100. The number of imide groups is 1. The van der Waals surface area contributed by atoms with Gasteiger partial charge in [-0.15, -0.1) is 0 Å². The molecule has 3 aliphatic rings. The second-order valence-electron chi connectivity index (χ2n) is 8.76. The quantitative estimate of drug-likeness (QED) is 0.378. The molecule has 0 aromatic heterocycles. The van der Waals surface area contributed by atoms with Crippen molar-refractivity contribution in [2.45, 2.75) is 13.0 Å². The van der Waals surface area contributed by atoms with Crippen LogP contribution < -0.4 is 9.64 Å². The fourth-order valence-corrected chi connectivity index (χ4v) is 5.02. The minimum atomic E-state index is -0.258. The van der Waals surface area contributed by atoms with Crippen LogP contribution in [0.3, 0.4) is 0 Å². The van der Waals surface area contributed by atoms with E-state index in [1.165, 1.54) is 0 Å². The number of amides is 2. The minimum Gasteiger partial charge on any atom is -0.488 e. The molecule has 1 aliphatic heterocycles. The minimum absolute atomic E-state index is 0.166. The molecule has 164 valence electrons. The lowest BCUT2D eigenvalue weighted by Gasteiger charge is -2.16. The van der Waals surface area contributed by atoms with Gasteiger partial charge in [0.2, 0.25) is 0 Å². The van der Waals surface area contributed by atoms with Crippen molar-refractivity contribution >= 4 is 35.3 Å². The summed E-state index contributed by atoms with van der Waals surface area (Å²) >= 11 is 5.97. The van der Waals surface area contributed by atoms with Crippen molar-refractivity contribution < 1.29 is 14.3 Å². The zero-order valence-corrected chi connectivity index (χ0v) is 18.7. The summed E-state index contributed by atoms with van der Waals surface area (Å²) in [5, 5.41) is 6.04. The molecule has 2 aliphatic carbocycles. The number of halogens is 1. The lowest BCUT2D eigenvalue weighted by atomic mass is 9.85. The predicted octanol–water partition coefficient (Wildman–Crippen LogP) is 4.13. The maximum atomic E-state index is 12.9.